The van der Waals surface area contributed by atoms with Crippen molar-refractivity contribution in [3.05, 3.63) is 47.5 Å². The standard InChI is InChI=1S/C16H16ClN3O2/c1-22-13-6-7-15-14(10-13)18-8-9-20(15)16(21)19-12-4-2-11(17)3-5-12/h2-7,10,18H,8-9H2,1H3,(H,19,21). The van der Waals surface area contributed by atoms with E-state index < -0.39 is 0 Å². The number of hydrogen-bond acceptors (Lipinski definition) is 3. The molecule has 0 aromatic heterocycles. The van der Waals surface area contributed by atoms with Crippen LogP contribution in [0.15, 0.2) is 42.5 Å². The molecule has 1 aliphatic heterocycles. The van der Waals surface area contributed by atoms with Crippen LogP contribution in [-0.4, -0.2) is 26.2 Å². The number of rotatable bonds is 2. The average Bonchev–Trinajstić information content (AvgIpc) is 2.55. The van der Waals surface area contributed by atoms with Gasteiger partial charge in [-0.1, -0.05) is 11.6 Å². The van der Waals surface area contributed by atoms with Crippen molar-refractivity contribution >= 4 is 34.7 Å². The summed E-state index contributed by atoms with van der Waals surface area (Å²) in [4.78, 5) is 14.2. The van der Waals surface area contributed by atoms with Gasteiger partial charge in [0.05, 0.1) is 18.5 Å². The fourth-order valence-corrected chi connectivity index (χ4v) is 2.50. The number of halogens is 1. The Balaban J connectivity index is 1.81. The summed E-state index contributed by atoms with van der Waals surface area (Å²) >= 11 is 5.85. The van der Waals surface area contributed by atoms with Crippen LogP contribution in [-0.2, 0) is 0 Å². The van der Waals surface area contributed by atoms with Gasteiger partial charge in [-0.3, -0.25) is 4.90 Å². The Bertz CT molecular complexity index is 688. The second-order valence-corrected chi connectivity index (χ2v) is 5.33. The molecule has 5 nitrogen and oxygen atoms in total. The Morgan fingerprint density at radius 1 is 1.27 bits per heavy atom. The summed E-state index contributed by atoms with van der Waals surface area (Å²) in [5, 5.41) is 6.79. The zero-order valence-corrected chi connectivity index (χ0v) is 12.9. The van der Waals surface area contributed by atoms with Gasteiger partial charge < -0.3 is 15.4 Å². The van der Waals surface area contributed by atoms with Gasteiger partial charge in [0, 0.05) is 29.9 Å². The molecule has 2 aromatic carbocycles. The molecule has 0 aliphatic carbocycles. The maximum absolute atomic E-state index is 12.5. The third kappa shape index (κ3) is 2.94. The van der Waals surface area contributed by atoms with E-state index in [-0.39, 0.29) is 6.03 Å². The van der Waals surface area contributed by atoms with Crippen LogP contribution in [0.5, 0.6) is 5.75 Å². The number of urea groups is 1. The first-order chi connectivity index (χ1) is 10.7. The first-order valence-electron chi connectivity index (χ1n) is 6.93. The van der Waals surface area contributed by atoms with Gasteiger partial charge in [0.25, 0.3) is 0 Å². The summed E-state index contributed by atoms with van der Waals surface area (Å²) in [6, 6.07) is 12.5. The Morgan fingerprint density at radius 2 is 2.05 bits per heavy atom. The van der Waals surface area contributed by atoms with Crippen LogP contribution >= 0.6 is 11.6 Å². The lowest BCUT2D eigenvalue weighted by atomic mass is 10.2. The largest absolute Gasteiger partial charge is 0.497 e. The lowest BCUT2D eigenvalue weighted by molar-refractivity contribution is 0.257. The number of anilines is 3. The molecule has 0 radical (unpaired) electrons. The van der Waals surface area contributed by atoms with Gasteiger partial charge in [-0.25, -0.2) is 4.79 Å². The van der Waals surface area contributed by atoms with Crippen LogP contribution in [0, 0.1) is 0 Å². The molecule has 114 valence electrons. The van der Waals surface area contributed by atoms with Crippen molar-refractivity contribution in [3.63, 3.8) is 0 Å². The predicted molar refractivity (Wildman–Crippen MR) is 89.3 cm³/mol. The number of ether oxygens (including phenoxy) is 1. The third-order valence-corrected chi connectivity index (χ3v) is 3.74. The Hall–Kier alpha value is -2.40. The molecule has 0 saturated carbocycles. The summed E-state index contributed by atoms with van der Waals surface area (Å²) in [6.07, 6.45) is 0. The second kappa shape index (κ2) is 6.15. The minimum atomic E-state index is -0.171. The molecule has 0 unspecified atom stereocenters. The molecular weight excluding hydrogens is 302 g/mol. The highest BCUT2D eigenvalue weighted by Crippen LogP contribution is 2.32. The Labute approximate surface area is 133 Å². The number of hydrogen-bond donors (Lipinski definition) is 2. The van der Waals surface area contributed by atoms with Crippen molar-refractivity contribution in [2.45, 2.75) is 0 Å². The molecule has 0 saturated heterocycles. The van der Waals surface area contributed by atoms with Gasteiger partial charge in [-0.2, -0.15) is 0 Å². The SMILES string of the molecule is COc1ccc2c(c1)NCCN2C(=O)Nc1ccc(Cl)cc1. The summed E-state index contributed by atoms with van der Waals surface area (Å²) in [5.74, 6) is 0.756. The van der Waals surface area contributed by atoms with Gasteiger partial charge in [0.15, 0.2) is 0 Å². The van der Waals surface area contributed by atoms with Crippen molar-refractivity contribution in [1.29, 1.82) is 0 Å². The van der Waals surface area contributed by atoms with E-state index in [9.17, 15) is 4.79 Å². The molecule has 0 bridgehead atoms. The van der Waals surface area contributed by atoms with Crippen LogP contribution in [0.2, 0.25) is 5.02 Å². The van der Waals surface area contributed by atoms with Crippen LogP contribution in [0.3, 0.4) is 0 Å². The third-order valence-electron chi connectivity index (χ3n) is 3.49. The minimum Gasteiger partial charge on any atom is -0.497 e. The zero-order chi connectivity index (χ0) is 15.5. The molecular formula is C16H16ClN3O2. The van der Waals surface area contributed by atoms with E-state index >= 15 is 0 Å². The molecule has 0 spiro atoms. The maximum atomic E-state index is 12.5. The summed E-state index contributed by atoms with van der Waals surface area (Å²) in [5.41, 5.74) is 2.43. The van der Waals surface area contributed by atoms with Crippen molar-refractivity contribution in [3.8, 4) is 5.75 Å². The second-order valence-electron chi connectivity index (χ2n) is 4.90. The quantitative estimate of drug-likeness (QED) is 0.885. The first kappa shape index (κ1) is 14.5. The molecule has 6 heteroatoms. The van der Waals surface area contributed by atoms with Crippen LogP contribution in [0.1, 0.15) is 0 Å². The van der Waals surface area contributed by atoms with E-state index in [4.69, 9.17) is 16.3 Å². The van der Waals surface area contributed by atoms with Crippen molar-refractivity contribution in [2.75, 3.05) is 35.7 Å². The van der Waals surface area contributed by atoms with E-state index in [2.05, 4.69) is 10.6 Å². The van der Waals surface area contributed by atoms with E-state index in [0.29, 0.717) is 23.8 Å². The van der Waals surface area contributed by atoms with E-state index in [0.717, 1.165) is 17.1 Å². The number of methoxy groups -OCH3 is 1. The lowest BCUT2D eigenvalue weighted by Crippen LogP contribution is -2.41. The normalized spacial score (nSPS) is 13.1. The molecule has 3 rings (SSSR count). The monoisotopic (exact) mass is 317 g/mol. The van der Waals surface area contributed by atoms with Gasteiger partial charge in [0.2, 0.25) is 0 Å². The topological polar surface area (TPSA) is 53.6 Å². The lowest BCUT2D eigenvalue weighted by Gasteiger charge is -2.30. The molecule has 0 fully saturated rings. The average molecular weight is 318 g/mol. The van der Waals surface area contributed by atoms with Crippen LogP contribution in [0.25, 0.3) is 0 Å². The molecule has 1 aliphatic rings. The highest BCUT2D eigenvalue weighted by Gasteiger charge is 2.22. The minimum absolute atomic E-state index is 0.171. The molecule has 2 N–H and O–H groups in total. The Morgan fingerprint density at radius 3 is 2.77 bits per heavy atom. The van der Waals surface area contributed by atoms with E-state index in [1.807, 2.05) is 18.2 Å². The van der Waals surface area contributed by atoms with Crippen molar-refractivity contribution < 1.29 is 9.53 Å². The zero-order valence-electron chi connectivity index (χ0n) is 12.1. The molecule has 2 aromatic rings. The van der Waals surface area contributed by atoms with E-state index in [1.165, 1.54) is 0 Å². The van der Waals surface area contributed by atoms with Crippen LogP contribution < -0.4 is 20.3 Å². The van der Waals surface area contributed by atoms with Gasteiger partial charge in [0.1, 0.15) is 5.75 Å². The van der Waals surface area contributed by atoms with Crippen molar-refractivity contribution in [1.82, 2.24) is 0 Å². The van der Waals surface area contributed by atoms with Gasteiger partial charge in [-0.05, 0) is 36.4 Å². The number of nitrogens with zero attached hydrogens (tertiary/aromatic N) is 1. The fraction of sp³-hybridized carbons (Fsp3) is 0.188. The van der Waals surface area contributed by atoms with Gasteiger partial charge >= 0.3 is 6.03 Å². The molecule has 1 heterocycles. The number of benzene rings is 2. The fourth-order valence-electron chi connectivity index (χ4n) is 2.38. The van der Waals surface area contributed by atoms with E-state index in [1.54, 1.807) is 36.3 Å². The summed E-state index contributed by atoms with van der Waals surface area (Å²) < 4.78 is 5.21. The van der Waals surface area contributed by atoms with Gasteiger partial charge in [-0.15, -0.1) is 0 Å². The number of carbonyl (C=O) groups is 1. The summed E-state index contributed by atoms with van der Waals surface area (Å²) in [7, 11) is 1.62. The summed E-state index contributed by atoms with van der Waals surface area (Å²) in [6.45, 7) is 1.28. The number of amides is 2. The first-order valence-corrected chi connectivity index (χ1v) is 7.31. The molecule has 22 heavy (non-hydrogen) atoms. The molecule has 2 amide bonds. The smallest absolute Gasteiger partial charge is 0.326 e. The van der Waals surface area contributed by atoms with Crippen LogP contribution in [0.4, 0.5) is 21.9 Å². The Kier molecular flexibility index (Phi) is 4.06. The highest BCUT2D eigenvalue weighted by molar-refractivity contribution is 6.30. The number of fused-ring (bicyclic) bond motifs is 1. The number of nitrogens with one attached hydrogen (secondary N) is 2. The van der Waals surface area contributed by atoms with Crippen molar-refractivity contribution in [2.24, 2.45) is 0 Å². The highest BCUT2D eigenvalue weighted by atomic mass is 35.5. The predicted octanol–water partition coefficient (Wildman–Crippen LogP) is 3.81. The molecule has 0 atom stereocenters. The number of carbonyl (C=O) groups excluding carboxylic acids is 1. The maximum Gasteiger partial charge on any atom is 0.326 e.